The van der Waals surface area contributed by atoms with Gasteiger partial charge >= 0.3 is 114 Å². The Morgan fingerprint density at radius 2 is 1.79 bits per heavy atom. The van der Waals surface area contributed by atoms with Gasteiger partial charge in [-0.3, -0.25) is 0 Å². The number of hydrogen-bond donors (Lipinski definition) is 0. The topological polar surface area (TPSA) is 0 Å². The molecule has 0 unspecified atom stereocenters. The average Bonchev–Trinajstić information content (AvgIpc) is 2.18. The molecule has 0 heterocycles. The Hall–Kier alpha value is 1.26. The molecule has 0 saturated carbocycles. The van der Waals surface area contributed by atoms with E-state index in [4.69, 9.17) is 0 Å². The van der Waals surface area contributed by atoms with Crippen LogP contribution in [0.25, 0.3) is 0 Å². The zero-order valence-corrected chi connectivity index (χ0v) is 14.0. The summed E-state index contributed by atoms with van der Waals surface area (Å²) in [6.45, 7) is 4.56. The standard InChI is InChI=1S/C12H23ITe/c1-3-5-7-8-9-10-12(13)14-11-6-4-2/h10H,3-9,11H2,1-2H3/b12-10+. The van der Waals surface area contributed by atoms with Crippen LogP contribution < -0.4 is 0 Å². The van der Waals surface area contributed by atoms with E-state index < -0.39 is 0 Å². The van der Waals surface area contributed by atoms with E-state index in [0.717, 1.165) is 0 Å². The van der Waals surface area contributed by atoms with E-state index in [-0.39, 0.29) is 20.9 Å². The second-order valence-corrected chi connectivity index (χ2v) is 10.2. The molecule has 0 amide bonds. The summed E-state index contributed by atoms with van der Waals surface area (Å²) in [4.78, 5) is 0. The van der Waals surface area contributed by atoms with Crippen molar-refractivity contribution in [3.8, 4) is 0 Å². The Bertz CT molecular complexity index is 143. The van der Waals surface area contributed by atoms with Crippen molar-refractivity contribution in [2.24, 2.45) is 0 Å². The molecule has 0 aromatic rings. The van der Waals surface area contributed by atoms with E-state index in [9.17, 15) is 0 Å². The average molecular weight is 422 g/mol. The van der Waals surface area contributed by atoms with Gasteiger partial charge in [-0.15, -0.1) is 0 Å². The van der Waals surface area contributed by atoms with Crippen LogP contribution in [0, 0.1) is 0 Å². The Kier molecular flexibility index (Phi) is 13.4. The van der Waals surface area contributed by atoms with Gasteiger partial charge in [-0.1, -0.05) is 0 Å². The number of halogens is 1. The van der Waals surface area contributed by atoms with E-state index in [1.807, 2.05) is 0 Å². The molecule has 0 radical (unpaired) electrons. The number of hydrogen-bond acceptors (Lipinski definition) is 0. The molecule has 0 rings (SSSR count). The van der Waals surface area contributed by atoms with Crippen molar-refractivity contribution in [3.05, 3.63) is 7.70 Å². The van der Waals surface area contributed by atoms with Crippen molar-refractivity contribution in [1.29, 1.82) is 0 Å². The molecule has 0 aromatic carbocycles. The molecule has 0 aliphatic carbocycles. The van der Waals surface area contributed by atoms with Crippen molar-refractivity contribution in [1.82, 2.24) is 0 Å². The van der Waals surface area contributed by atoms with Gasteiger partial charge in [-0.05, 0) is 0 Å². The Labute approximate surface area is 114 Å². The summed E-state index contributed by atoms with van der Waals surface area (Å²) in [7, 11) is 0. The van der Waals surface area contributed by atoms with Gasteiger partial charge in [-0.25, -0.2) is 0 Å². The molecule has 0 spiro atoms. The normalized spacial score (nSPS) is 12.1. The first-order chi connectivity index (χ1) is 6.81. The summed E-state index contributed by atoms with van der Waals surface area (Å²) in [5, 5.41) is 0. The number of unbranched alkanes of at least 4 members (excludes halogenated alkanes) is 5. The van der Waals surface area contributed by atoms with Gasteiger partial charge in [0.25, 0.3) is 0 Å². The Balaban J connectivity index is 3.27. The minimum absolute atomic E-state index is 0.208. The first kappa shape index (κ1) is 15.3. The molecule has 0 saturated heterocycles. The van der Waals surface area contributed by atoms with Crippen LogP contribution in [0.4, 0.5) is 0 Å². The predicted molar refractivity (Wildman–Crippen MR) is 76.3 cm³/mol. The van der Waals surface area contributed by atoms with Crippen LogP contribution >= 0.6 is 22.6 Å². The van der Waals surface area contributed by atoms with Crippen LogP contribution in [0.15, 0.2) is 7.70 Å². The molecule has 0 atom stereocenters. The molecule has 2 heteroatoms. The molecule has 0 aliphatic heterocycles. The summed E-state index contributed by atoms with van der Waals surface area (Å²) in [5.41, 5.74) is 0. The first-order valence-corrected chi connectivity index (χ1v) is 9.68. The predicted octanol–water partition coefficient (Wildman–Crippen LogP) is 5.16. The van der Waals surface area contributed by atoms with Crippen LogP contribution in [-0.4, -0.2) is 20.9 Å². The van der Waals surface area contributed by atoms with Crippen molar-refractivity contribution < 1.29 is 0 Å². The SMILES string of the molecule is CCCCCC/C=C(\I)[Te]CCCC. The third-order valence-electron chi connectivity index (χ3n) is 2.10. The van der Waals surface area contributed by atoms with Crippen LogP contribution in [0.2, 0.25) is 4.47 Å². The van der Waals surface area contributed by atoms with Crippen molar-refractivity contribution >= 4 is 43.5 Å². The number of allylic oxidation sites excluding steroid dienone is 1. The Morgan fingerprint density at radius 1 is 1.07 bits per heavy atom. The fraction of sp³-hybridized carbons (Fsp3) is 0.833. The third-order valence-corrected chi connectivity index (χ3v) is 7.30. The molecule has 84 valence electrons. The molecule has 0 aromatic heterocycles. The van der Waals surface area contributed by atoms with E-state index in [1.165, 1.54) is 49.4 Å². The summed E-state index contributed by atoms with van der Waals surface area (Å²) < 4.78 is 3.21. The zero-order chi connectivity index (χ0) is 10.6. The zero-order valence-electron chi connectivity index (χ0n) is 9.52. The van der Waals surface area contributed by atoms with Gasteiger partial charge in [0, 0.05) is 0 Å². The van der Waals surface area contributed by atoms with Gasteiger partial charge < -0.3 is 0 Å². The minimum atomic E-state index is 0.208. The van der Waals surface area contributed by atoms with E-state index >= 15 is 0 Å². The molecule has 0 nitrogen and oxygen atoms in total. The first-order valence-electron chi connectivity index (χ1n) is 5.79. The van der Waals surface area contributed by atoms with Crippen LogP contribution in [0.1, 0.15) is 58.8 Å². The summed E-state index contributed by atoms with van der Waals surface area (Å²) in [6.07, 6.45) is 12.2. The maximum atomic E-state index is 2.56. The van der Waals surface area contributed by atoms with Gasteiger partial charge in [-0.2, -0.15) is 0 Å². The fourth-order valence-corrected chi connectivity index (χ4v) is 5.41. The molecular weight excluding hydrogens is 399 g/mol. The van der Waals surface area contributed by atoms with Crippen LogP contribution in [0.3, 0.4) is 0 Å². The fourth-order valence-electron chi connectivity index (χ4n) is 1.16. The monoisotopic (exact) mass is 424 g/mol. The van der Waals surface area contributed by atoms with Gasteiger partial charge in [0.2, 0.25) is 0 Å². The van der Waals surface area contributed by atoms with E-state index in [2.05, 4.69) is 42.5 Å². The molecular formula is C12H23ITe. The second-order valence-electron chi connectivity index (χ2n) is 3.56. The van der Waals surface area contributed by atoms with Crippen LogP contribution in [-0.2, 0) is 0 Å². The molecule has 0 fully saturated rings. The van der Waals surface area contributed by atoms with Gasteiger partial charge in [0.15, 0.2) is 0 Å². The second kappa shape index (κ2) is 12.3. The Morgan fingerprint density at radius 3 is 2.43 bits per heavy atom. The summed E-state index contributed by atoms with van der Waals surface area (Å²) in [6, 6.07) is 0. The molecule has 0 aliphatic rings. The van der Waals surface area contributed by atoms with Gasteiger partial charge in [0.05, 0.1) is 0 Å². The summed E-state index contributed by atoms with van der Waals surface area (Å²) >= 11 is 2.77. The number of rotatable bonds is 9. The van der Waals surface area contributed by atoms with Gasteiger partial charge in [0.1, 0.15) is 0 Å². The van der Waals surface area contributed by atoms with Crippen molar-refractivity contribution in [3.63, 3.8) is 0 Å². The summed E-state index contributed by atoms with van der Waals surface area (Å²) in [5.74, 6) is 0. The molecule has 0 N–H and O–H groups in total. The van der Waals surface area contributed by atoms with Crippen LogP contribution in [0.5, 0.6) is 0 Å². The molecule has 0 bridgehead atoms. The third kappa shape index (κ3) is 11.3. The van der Waals surface area contributed by atoms with E-state index in [0.29, 0.717) is 0 Å². The maximum absolute atomic E-state index is 2.56. The van der Waals surface area contributed by atoms with E-state index in [1.54, 1.807) is 1.63 Å². The van der Waals surface area contributed by atoms with Crippen molar-refractivity contribution in [2.45, 2.75) is 63.3 Å². The quantitative estimate of drug-likeness (QED) is 0.274. The van der Waals surface area contributed by atoms with Crippen molar-refractivity contribution in [2.75, 3.05) is 0 Å². The molecule has 14 heavy (non-hydrogen) atoms.